The highest BCUT2D eigenvalue weighted by Crippen LogP contribution is 2.36. The lowest BCUT2D eigenvalue weighted by Crippen LogP contribution is -2.45. The van der Waals surface area contributed by atoms with E-state index in [2.05, 4.69) is 31.1 Å². The third-order valence-electron chi connectivity index (χ3n) is 4.87. The lowest BCUT2D eigenvalue weighted by Gasteiger charge is -2.30. The second-order valence-corrected chi connectivity index (χ2v) is 11.8. The SMILES string of the molecule is C#CCC(C(=O)OC)(C(=O)OC)C(C)/C=C/C[Si](C)(C)c1ccccc1. The summed E-state index contributed by atoms with van der Waals surface area (Å²) in [7, 11) is 0.842. The van der Waals surface area contributed by atoms with E-state index in [0.29, 0.717) is 0 Å². The van der Waals surface area contributed by atoms with Gasteiger partial charge in [0.05, 0.1) is 22.3 Å². The Labute approximate surface area is 157 Å². The zero-order chi connectivity index (χ0) is 19.8. The summed E-state index contributed by atoms with van der Waals surface area (Å²) in [5.41, 5.74) is -1.52. The molecule has 1 rings (SSSR count). The van der Waals surface area contributed by atoms with E-state index in [1.807, 2.05) is 30.4 Å². The summed E-state index contributed by atoms with van der Waals surface area (Å²) in [5, 5.41) is 1.35. The summed E-state index contributed by atoms with van der Waals surface area (Å²) in [4.78, 5) is 24.8. The van der Waals surface area contributed by atoms with Gasteiger partial charge in [-0.25, -0.2) is 0 Å². The molecule has 1 aromatic rings. The molecule has 0 aliphatic rings. The summed E-state index contributed by atoms with van der Waals surface area (Å²) in [6.45, 7) is 6.36. The number of benzene rings is 1. The number of terminal acetylenes is 1. The van der Waals surface area contributed by atoms with E-state index in [-0.39, 0.29) is 6.42 Å². The third kappa shape index (κ3) is 4.64. The number of esters is 2. The Balaban J connectivity index is 3.07. The number of hydrogen-bond acceptors (Lipinski definition) is 4. The van der Waals surface area contributed by atoms with Crippen molar-refractivity contribution in [3.8, 4) is 12.3 Å². The van der Waals surface area contributed by atoms with Gasteiger partial charge in [-0.05, 0) is 6.04 Å². The van der Waals surface area contributed by atoms with Crippen molar-refractivity contribution in [3.63, 3.8) is 0 Å². The van der Waals surface area contributed by atoms with Crippen LogP contribution in [0.2, 0.25) is 19.1 Å². The van der Waals surface area contributed by atoms with Gasteiger partial charge < -0.3 is 9.47 Å². The molecule has 1 atom stereocenters. The largest absolute Gasteiger partial charge is 0.468 e. The van der Waals surface area contributed by atoms with Gasteiger partial charge in [0.2, 0.25) is 0 Å². The summed E-state index contributed by atoms with van der Waals surface area (Å²) in [6, 6.07) is 11.3. The van der Waals surface area contributed by atoms with E-state index in [1.165, 1.54) is 19.4 Å². The number of rotatable bonds is 8. The van der Waals surface area contributed by atoms with Crippen molar-refractivity contribution >= 4 is 25.2 Å². The average molecular weight is 373 g/mol. The predicted molar refractivity (Wildman–Crippen MR) is 107 cm³/mol. The van der Waals surface area contributed by atoms with Gasteiger partial charge >= 0.3 is 11.9 Å². The van der Waals surface area contributed by atoms with Crippen LogP contribution in [-0.2, 0) is 19.1 Å². The van der Waals surface area contributed by atoms with E-state index in [4.69, 9.17) is 15.9 Å². The highest BCUT2D eigenvalue weighted by molar-refractivity contribution is 6.90. The lowest BCUT2D eigenvalue weighted by atomic mass is 9.73. The molecule has 0 aromatic heterocycles. The molecule has 0 bridgehead atoms. The van der Waals surface area contributed by atoms with E-state index in [0.717, 1.165) is 6.04 Å². The first-order chi connectivity index (χ1) is 12.3. The van der Waals surface area contributed by atoms with E-state index in [1.54, 1.807) is 6.92 Å². The average Bonchev–Trinajstić information content (AvgIpc) is 2.65. The first-order valence-corrected chi connectivity index (χ1v) is 11.8. The Kier molecular flexibility index (Phi) is 7.85. The van der Waals surface area contributed by atoms with Gasteiger partial charge in [0.15, 0.2) is 5.41 Å². The van der Waals surface area contributed by atoms with Crippen LogP contribution in [0.25, 0.3) is 0 Å². The van der Waals surface area contributed by atoms with Crippen molar-refractivity contribution in [2.24, 2.45) is 11.3 Å². The second-order valence-electron chi connectivity index (χ2n) is 7.01. The molecular weight excluding hydrogens is 344 g/mol. The van der Waals surface area contributed by atoms with Gasteiger partial charge in [-0.15, -0.1) is 12.3 Å². The molecule has 0 N–H and O–H groups in total. The van der Waals surface area contributed by atoms with E-state index >= 15 is 0 Å². The fourth-order valence-electron chi connectivity index (χ4n) is 3.02. The molecule has 1 aromatic carbocycles. The molecule has 0 spiro atoms. The van der Waals surface area contributed by atoms with Crippen molar-refractivity contribution in [2.45, 2.75) is 32.5 Å². The smallest absolute Gasteiger partial charge is 0.324 e. The molecular formula is C21H28O4Si. The van der Waals surface area contributed by atoms with Crippen LogP contribution in [0.15, 0.2) is 42.5 Å². The molecule has 26 heavy (non-hydrogen) atoms. The highest BCUT2D eigenvalue weighted by atomic mass is 28.3. The van der Waals surface area contributed by atoms with Gasteiger partial charge in [-0.3, -0.25) is 9.59 Å². The number of hydrogen-bond donors (Lipinski definition) is 0. The van der Waals surface area contributed by atoms with Crippen molar-refractivity contribution in [1.82, 2.24) is 0 Å². The zero-order valence-electron chi connectivity index (χ0n) is 16.2. The number of methoxy groups -OCH3 is 2. The summed E-state index contributed by atoms with van der Waals surface area (Å²) >= 11 is 0. The van der Waals surface area contributed by atoms with Gasteiger partial charge in [0.1, 0.15) is 0 Å². The molecule has 4 nitrogen and oxygen atoms in total. The summed E-state index contributed by atoms with van der Waals surface area (Å²) < 4.78 is 9.74. The van der Waals surface area contributed by atoms with Gasteiger partial charge in [0, 0.05) is 12.3 Å². The Morgan fingerprint density at radius 2 is 1.73 bits per heavy atom. The maximum Gasteiger partial charge on any atom is 0.324 e. The van der Waals surface area contributed by atoms with Crippen LogP contribution >= 0.6 is 0 Å². The molecule has 0 radical (unpaired) electrons. The first-order valence-electron chi connectivity index (χ1n) is 8.58. The molecule has 0 fully saturated rings. The molecule has 0 heterocycles. The number of carbonyl (C=O) groups excluding carboxylic acids is 2. The Morgan fingerprint density at radius 1 is 1.19 bits per heavy atom. The Bertz CT molecular complexity index is 670. The van der Waals surface area contributed by atoms with Crippen LogP contribution in [0, 0.1) is 23.7 Å². The van der Waals surface area contributed by atoms with Crippen molar-refractivity contribution in [2.75, 3.05) is 14.2 Å². The minimum atomic E-state index is -1.65. The van der Waals surface area contributed by atoms with Crippen LogP contribution in [0.3, 0.4) is 0 Å². The van der Waals surface area contributed by atoms with Crippen LogP contribution in [0.1, 0.15) is 13.3 Å². The van der Waals surface area contributed by atoms with Crippen molar-refractivity contribution < 1.29 is 19.1 Å². The topological polar surface area (TPSA) is 52.6 Å². The predicted octanol–water partition coefficient (Wildman–Crippen LogP) is 3.15. The van der Waals surface area contributed by atoms with E-state index < -0.39 is 31.3 Å². The molecule has 1 unspecified atom stereocenters. The lowest BCUT2D eigenvalue weighted by molar-refractivity contribution is -0.171. The molecule has 0 aliphatic carbocycles. The quantitative estimate of drug-likeness (QED) is 0.231. The van der Waals surface area contributed by atoms with Gasteiger partial charge in [-0.2, -0.15) is 0 Å². The molecule has 0 saturated heterocycles. The minimum Gasteiger partial charge on any atom is -0.468 e. The van der Waals surface area contributed by atoms with Crippen LogP contribution in [0.5, 0.6) is 0 Å². The Hall–Kier alpha value is -2.32. The number of ether oxygens (including phenoxy) is 2. The maximum absolute atomic E-state index is 12.4. The fraction of sp³-hybridized carbons (Fsp3) is 0.429. The fourth-order valence-corrected chi connectivity index (χ4v) is 5.08. The molecule has 0 amide bonds. The summed E-state index contributed by atoms with van der Waals surface area (Å²) in [5.74, 6) is 0.645. The third-order valence-corrected chi connectivity index (χ3v) is 8.02. The van der Waals surface area contributed by atoms with Crippen LogP contribution in [0.4, 0.5) is 0 Å². The second kappa shape index (κ2) is 9.40. The van der Waals surface area contributed by atoms with Crippen molar-refractivity contribution in [3.05, 3.63) is 42.5 Å². The molecule has 140 valence electrons. The minimum absolute atomic E-state index is 0.0721. The van der Waals surface area contributed by atoms with E-state index in [9.17, 15) is 9.59 Å². The molecule has 0 saturated carbocycles. The zero-order valence-corrected chi connectivity index (χ0v) is 17.2. The Morgan fingerprint density at radius 3 is 2.19 bits per heavy atom. The molecule has 5 heteroatoms. The van der Waals surface area contributed by atoms with Gasteiger partial charge in [-0.1, -0.05) is 67.7 Å². The first kappa shape index (κ1) is 21.7. The number of carbonyl (C=O) groups is 2. The molecule has 0 aliphatic heterocycles. The van der Waals surface area contributed by atoms with Crippen LogP contribution in [-0.4, -0.2) is 34.2 Å². The number of allylic oxidation sites excluding steroid dienone is 2. The summed E-state index contributed by atoms with van der Waals surface area (Å²) in [6.07, 6.45) is 9.28. The van der Waals surface area contributed by atoms with Crippen LogP contribution < -0.4 is 5.19 Å². The highest BCUT2D eigenvalue weighted by Gasteiger charge is 2.51. The van der Waals surface area contributed by atoms with Crippen molar-refractivity contribution in [1.29, 1.82) is 0 Å². The monoisotopic (exact) mass is 372 g/mol. The normalized spacial score (nSPS) is 13.1. The van der Waals surface area contributed by atoms with Gasteiger partial charge in [0.25, 0.3) is 0 Å². The maximum atomic E-state index is 12.4. The standard InChI is InChI=1S/C21H28O4Si/c1-7-15-21(19(22)24-3,20(23)25-4)17(2)12-11-16-26(5,6)18-13-9-8-10-14-18/h1,8-14,17H,15-16H2,2-6H3/b12-11+.